The van der Waals surface area contributed by atoms with E-state index in [0.717, 1.165) is 19.4 Å². The molecule has 3 heterocycles. The highest BCUT2D eigenvalue weighted by Gasteiger charge is 2.36. The van der Waals surface area contributed by atoms with Gasteiger partial charge in [0.15, 0.2) is 0 Å². The largest absolute Gasteiger partial charge is 0.481 e. The van der Waals surface area contributed by atoms with E-state index in [1.807, 2.05) is 9.80 Å². The van der Waals surface area contributed by atoms with Gasteiger partial charge in [0, 0.05) is 45.2 Å². The Labute approximate surface area is 188 Å². The first-order chi connectivity index (χ1) is 15.5. The second-order valence-electron chi connectivity index (χ2n) is 9.03. The summed E-state index contributed by atoms with van der Waals surface area (Å²) in [6.07, 6.45) is 4.33. The molecule has 2 saturated heterocycles. The lowest BCUT2D eigenvalue weighted by Crippen LogP contribution is -2.42. The third kappa shape index (κ3) is 5.14. The van der Waals surface area contributed by atoms with Crippen molar-refractivity contribution in [1.82, 2.24) is 20.1 Å². The van der Waals surface area contributed by atoms with Crippen LogP contribution in [0.3, 0.4) is 0 Å². The molecular weight excluding hydrogens is 412 g/mol. The van der Waals surface area contributed by atoms with Crippen molar-refractivity contribution in [3.8, 4) is 11.8 Å². The maximum atomic E-state index is 13.0. The third-order valence-corrected chi connectivity index (χ3v) is 6.70. The summed E-state index contributed by atoms with van der Waals surface area (Å²) >= 11 is 0. The molecule has 1 atom stereocenters. The van der Waals surface area contributed by atoms with Gasteiger partial charge in [-0.15, -0.1) is 0 Å². The number of nitrogens with one attached hydrogen (secondary N) is 1. The first-order valence-electron chi connectivity index (χ1n) is 11.4. The minimum atomic E-state index is -0.238. The molecule has 1 saturated carbocycles. The fraction of sp³-hybridized carbons (Fsp3) is 0.652. The molecule has 3 amide bonds. The van der Waals surface area contributed by atoms with Gasteiger partial charge in [-0.2, -0.15) is 4.98 Å². The Bertz CT molecular complexity index is 864. The van der Waals surface area contributed by atoms with E-state index >= 15 is 0 Å². The number of methoxy groups -OCH3 is 2. The molecule has 1 N–H and O–H groups in total. The summed E-state index contributed by atoms with van der Waals surface area (Å²) < 4.78 is 10.4. The van der Waals surface area contributed by atoms with E-state index < -0.39 is 0 Å². The molecule has 174 valence electrons. The van der Waals surface area contributed by atoms with Crippen molar-refractivity contribution in [2.45, 2.75) is 32.1 Å². The molecule has 3 fully saturated rings. The van der Waals surface area contributed by atoms with Crippen molar-refractivity contribution in [1.29, 1.82) is 0 Å². The van der Waals surface area contributed by atoms with Crippen LogP contribution in [0.1, 0.15) is 42.5 Å². The van der Waals surface area contributed by atoms with Gasteiger partial charge < -0.3 is 24.6 Å². The number of hydrogen-bond donors (Lipinski definition) is 1. The van der Waals surface area contributed by atoms with E-state index in [-0.39, 0.29) is 29.5 Å². The molecular formula is C23H32N4O5. The monoisotopic (exact) mass is 444 g/mol. The fourth-order valence-corrected chi connectivity index (χ4v) is 4.49. The van der Waals surface area contributed by atoms with E-state index in [1.165, 1.54) is 27.1 Å². The minimum Gasteiger partial charge on any atom is -0.481 e. The predicted molar refractivity (Wildman–Crippen MR) is 116 cm³/mol. The SMILES string of the molecule is COc1ccc(C(=O)N2CCC(CN3CC(C(=O)NCC4CC4)CC3=O)CC2)c(OC)n1. The van der Waals surface area contributed by atoms with E-state index in [1.54, 1.807) is 12.1 Å². The van der Waals surface area contributed by atoms with Gasteiger partial charge in [0.1, 0.15) is 5.56 Å². The van der Waals surface area contributed by atoms with Gasteiger partial charge >= 0.3 is 0 Å². The number of carbonyl (C=O) groups excluding carboxylic acids is 3. The molecule has 0 aromatic carbocycles. The molecule has 3 aliphatic rings. The Morgan fingerprint density at radius 2 is 1.84 bits per heavy atom. The molecule has 2 aliphatic heterocycles. The van der Waals surface area contributed by atoms with Gasteiger partial charge in [0.25, 0.3) is 5.91 Å². The Kier molecular flexibility index (Phi) is 6.81. The van der Waals surface area contributed by atoms with E-state index in [4.69, 9.17) is 9.47 Å². The summed E-state index contributed by atoms with van der Waals surface area (Å²) in [6.45, 7) is 3.13. The number of carbonyl (C=O) groups is 3. The summed E-state index contributed by atoms with van der Waals surface area (Å²) in [6, 6.07) is 3.33. The Hall–Kier alpha value is -2.84. The van der Waals surface area contributed by atoms with E-state index in [0.29, 0.717) is 55.9 Å². The molecule has 1 aromatic rings. The number of ether oxygens (including phenoxy) is 2. The van der Waals surface area contributed by atoms with Crippen molar-refractivity contribution in [2.24, 2.45) is 17.8 Å². The van der Waals surface area contributed by atoms with Crippen LogP contribution < -0.4 is 14.8 Å². The lowest BCUT2D eigenvalue weighted by Gasteiger charge is -2.34. The number of hydrogen-bond acceptors (Lipinski definition) is 6. The van der Waals surface area contributed by atoms with Gasteiger partial charge in [-0.25, -0.2) is 0 Å². The number of pyridine rings is 1. The van der Waals surface area contributed by atoms with Crippen LogP contribution in [-0.2, 0) is 9.59 Å². The van der Waals surface area contributed by atoms with Crippen LogP contribution in [-0.4, -0.2) is 79.4 Å². The van der Waals surface area contributed by atoms with Gasteiger partial charge in [0.05, 0.1) is 20.1 Å². The summed E-state index contributed by atoms with van der Waals surface area (Å²) in [5.74, 6) is 1.33. The highest BCUT2D eigenvalue weighted by Crippen LogP contribution is 2.29. The molecule has 4 rings (SSSR count). The first kappa shape index (κ1) is 22.4. The topological polar surface area (TPSA) is 101 Å². The quantitative estimate of drug-likeness (QED) is 0.649. The lowest BCUT2D eigenvalue weighted by atomic mass is 9.95. The average Bonchev–Trinajstić information content (AvgIpc) is 3.58. The molecule has 1 aliphatic carbocycles. The first-order valence-corrected chi connectivity index (χ1v) is 11.4. The Balaban J connectivity index is 1.26. The molecule has 9 heteroatoms. The smallest absolute Gasteiger partial charge is 0.259 e. The highest BCUT2D eigenvalue weighted by molar-refractivity contribution is 5.96. The summed E-state index contributed by atoms with van der Waals surface area (Å²) in [4.78, 5) is 45.6. The lowest BCUT2D eigenvalue weighted by molar-refractivity contribution is -0.129. The summed E-state index contributed by atoms with van der Waals surface area (Å²) in [5, 5.41) is 3.00. The van der Waals surface area contributed by atoms with Gasteiger partial charge in [-0.1, -0.05) is 0 Å². The third-order valence-electron chi connectivity index (χ3n) is 6.70. The zero-order chi connectivity index (χ0) is 22.7. The zero-order valence-electron chi connectivity index (χ0n) is 18.8. The van der Waals surface area contributed by atoms with Crippen LogP contribution in [0, 0.1) is 17.8 Å². The van der Waals surface area contributed by atoms with Crippen molar-refractivity contribution in [3.05, 3.63) is 17.7 Å². The normalized spacial score (nSPS) is 21.6. The fourth-order valence-electron chi connectivity index (χ4n) is 4.49. The van der Waals surface area contributed by atoms with Crippen LogP contribution in [0.5, 0.6) is 11.8 Å². The molecule has 32 heavy (non-hydrogen) atoms. The predicted octanol–water partition coefficient (Wildman–Crippen LogP) is 1.33. The minimum absolute atomic E-state index is 0.00946. The molecule has 0 radical (unpaired) electrons. The van der Waals surface area contributed by atoms with Crippen LogP contribution in [0.4, 0.5) is 0 Å². The van der Waals surface area contributed by atoms with Crippen molar-refractivity contribution >= 4 is 17.7 Å². The standard InChI is InChI=1S/C23H32N4O5/c1-31-19-6-5-18(22(25-19)32-2)23(30)26-9-7-16(8-10-26)13-27-14-17(11-20(27)28)21(29)24-12-15-3-4-15/h5-6,15-17H,3-4,7-14H2,1-2H3,(H,24,29). The average molecular weight is 445 g/mol. The molecule has 0 spiro atoms. The van der Waals surface area contributed by atoms with Crippen molar-refractivity contribution in [3.63, 3.8) is 0 Å². The highest BCUT2D eigenvalue weighted by atomic mass is 16.5. The number of amides is 3. The number of nitrogens with zero attached hydrogens (tertiary/aromatic N) is 3. The van der Waals surface area contributed by atoms with Crippen LogP contribution >= 0.6 is 0 Å². The molecule has 9 nitrogen and oxygen atoms in total. The van der Waals surface area contributed by atoms with Gasteiger partial charge in [-0.3, -0.25) is 14.4 Å². The molecule has 0 bridgehead atoms. The number of rotatable bonds is 8. The number of piperidine rings is 1. The molecule has 1 unspecified atom stereocenters. The van der Waals surface area contributed by atoms with Crippen LogP contribution in [0.25, 0.3) is 0 Å². The van der Waals surface area contributed by atoms with Gasteiger partial charge in [0.2, 0.25) is 23.6 Å². The van der Waals surface area contributed by atoms with Gasteiger partial charge in [-0.05, 0) is 43.6 Å². The Morgan fingerprint density at radius 1 is 1.09 bits per heavy atom. The zero-order valence-corrected chi connectivity index (χ0v) is 18.8. The Morgan fingerprint density at radius 3 is 2.50 bits per heavy atom. The maximum Gasteiger partial charge on any atom is 0.259 e. The molecule has 1 aromatic heterocycles. The van der Waals surface area contributed by atoms with Crippen LogP contribution in [0.2, 0.25) is 0 Å². The van der Waals surface area contributed by atoms with Crippen LogP contribution in [0.15, 0.2) is 12.1 Å². The number of aromatic nitrogens is 1. The second-order valence-corrected chi connectivity index (χ2v) is 9.03. The van der Waals surface area contributed by atoms with E-state index in [9.17, 15) is 14.4 Å². The maximum absolute atomic E-state index is 13.0. The van der Waals surface area contributed by atoms with Crippen molar-refractivity contribution in [2.75, 3.05) is 46.9 Å². The van der Waals surface area contributed by atoms with E-state index in [2.05, 4.69) is 10.3 Å². The van der Waals surface area contributed by atoms with Crippen molar-refractivity contribution < 1.29 is 23.9 Å². The summed E-state index contributed by atoms with van der Waals surface area (Å²) in [7, 11) is 3.00. The number of likely N-dealkylation sites (tertiary alicyclic amines) is 2. The second kappa shape index (κ2) is 9.75. The summed E-state index contributed by atoms with van der Waals surface area (Å²) in [5.41, 5.74) is 0.418.